The fourth-order valence-corrected chi connectivity index (χ4v) is 6.88. The highest BCUT2D eigenvalue weighted by Crippen LogP contribution is 2.44. The summed E-state index contributed by atoms with van der Waals surface area (Å²) in [5, 5.41) is 20.8. The lowest BCUT2D eigenvalue weighted by Crippen LogP contribution is -2.57. The molecule has 0 aliphatic carbocycles. The number of carbonyl (C=O) groups excluding carboxylic acids is 2. The number of fused-ring (bicyclic) bond motifs is 2. The number of nitrogens with zero attached hydrogens (tertiary/aromatic N) is 1. The minimum atomic E-state index is -1.11. The van der Waals surface area contributed by atoms with Crippen LogP contribution in [0.5, 0.6) is 0 Å². The van der Waals surface area contributed by atoms with Crippen LogP contribution >= 0.6 is 0 Å². The van der Waals surface area contributed by atoms with E-state index in [2.05, 4.69) is 0 Å². The molecule has 11 nitrogen and oxygen atoms in total. The van der Waals surface area contributed by atoms with Crippen LogP contribution in [0.4, 0.5) is 0 Å². The number of methoxy groups -OCH3 is 1. The van der Waals surface area contributed by atoms with E-state index >= 15 is 0 Å². The largest absolute Gasteiger partial charge is 0.457 e. The average molecular weight is 614 g/mol. The maximum absolute atomic E-state index is 14.2. The molecule has 2 fully saturated rings. The second-order valence-corrected chi connectivity index (χ2v) is 13.3. The van der Waals surface area contributed by atoms with E-state index in [0.29, 0.717) is 18.4 Å². The molecule has 3 heterocycles. The van der Waals surface area contributed by atoms with E-state index in [1.165, 1.54) is 0 Å². The number of aliphatic hydroxyl groups excluding tert-OH is 2. The van der Waals surface area contributed by atoms with Gasteiger partial charge in [0.1, 0.15) is 24.1 Å². The molecular formula is C32H55NO10. The molecule has 2 saturated heterocycles. The van der Waals surface area contributed by atoms with E-state index in [1.54, 1.807) is 27.9 Å². The normalized spacial score (nSPS) is 44.8. The van der Waals surface area contributed by atoms with Crippen LogP contribution in [0.2, 0.25) is 0 Å². The Balaban J connectivity index is 2.13. The van der Waals surface area contributed by atoms with E-state index in [1.807, 2.05) is 53.6 Å². The van der Waals surface area contributed by atoms with E-state index in [0.717, 1.165) is 0 Å². The first-order chi connectivity index (χ1) is 20.1. The lowest BCUT2D eigenvalue weighted by Gasteiger charge is -2.44. The van der Waals surface area contributed by atoms with Gasteiger partial charge in [-0.3, -0.25) is 9.59 Å². The van der Waals surface area contributed by atoms with Gasteiger partial charge in [-0.25, -0.2) is 0 Å². The summed E-state index contributed by atoms with van der Waals surface area (Å²) in [4.78, 5) is 30.2. The lowest BCUT2D eigenvalue weighted by atomic mass is 9.73. The molecule has 1 unspecified atom stereocenters. The van der Waals surface area contributed by atoms with Gasteiger partial charge in [-0.1, -0.05) is 27.7 Å². The van der Waals surface area contributed by atoms with Gasteiger partial charge in [0.15, 0.2) is 17.7 Å². The van der Waals surface area contributed by atoms with E-state index < -0.39 is 59.7 Å². The highest BCUT2D eigenvalue weighted by atomic mass is 16.7. The van der Waals surface area contributed by atoms with Crippen LogP contribution in [-0.4, -0.2) is 115 Å². The van der Waals surface area contributed by atoms with E-state index in [9.17, 15) is 19.8 Å². The van der Waals surface area contributed by atoms with Crippen LogP contribution in [0.3, 0.4) is 0 Å². The number of hydrogen-bond acceptors (Lipinski definition) is 11. The van der Waals surface area contributed by atoms with Gasteiger partial charge < -0.3 is 43.5 Å². The van der Waals surface area contributed by atoms with Crippen molar-refractivity contribution in [2.75, 3.05) is 34.4 Å². The summed E-state index contributed by atoms with van der Waals surface area (Å²) < 4.78 is 37.4. The van der Waals surface area contributed by atoms with Gasteiger partial charge in [-0.2, -0.15) is 0 Å². The topological polar surface area (TPSA) is 133 Å². The standard InChI is InChI=1S/C32H55NO10/c1-12-24-32(8)28(39-14-13-34)19(4)26(36)21(6)31(7,38-11)16-23(18(3)25(35)20(5)29(42-24)43-32)41-30-27(37)22(33(9)10)15-17(2)40-30/h17-19,21-24,27-28,30,34,37H,12-16H2,1-11H3/b29-20-/t17-,18-,19-,21+,22+,23+,24-,27-,28-,30?,31-,32+/m1/s1. The minimum absolute atomic E-state index is 0.00753. The monoisotopic (exact) mass is 613 g/mol. The van der Waals surface area contributed by atoms with Crippen LogP contribution < -0.4 is 0 Å². The summed E-state index contributed by atoms with van der Waals surface area (Å²) in [5.74, 6) is -2.32. The molecule has 2 bridgehead atoms. The Morgan fingerprint density at radius 2 is 1.74 bits per heavy atom. The zero-order valence-electron chi connectivity index (χ0n) is 27.9. The van der Waals surface area contributed by atoms with Crippen LogP contribution in [0.15, 0.2) is 11.5 Å². The number of hydrogen-bond donors (Lipinski definition) is 2. The smallest absolute Gasteiger partial charge is 0.287 e. The molecule has 12 atom stereocenters. The van der Waals surface area contributed by atoms with Gasteiger partial charge in [0.05, 0.1) is 36.6 Å². The predicted molar refractivity (Wildman–Crippen MR) is 159 cm³/mol. The number of carbonyl (C=O) groups is 2. The third-order valence-electron chi connectivity index (χ3n) is 10.1. The molecule has 0 aromatic carbocycles. The molecule has 0 saturated carbocycles. The van der Waals surface area contributed by atoms with Crippen LogP contribution in [0.25, 0.3) is 0 Å². The Labute approximate surface area is 257 Å². The zero-order valence-corrected chi connectivity index (χ0v) is 27.9. The van der Waals surface area contributed by atoms with Crippen molar-refractivity contribution in [1.29, 1.82) is 0 Å². The van der Waals surface area contributed by atoms with Crippen molar-refractivity contribution in [2.24, 2.45) is 17.8 Å². The van der Waals surface area contributed by atoms with Crippen molar-refractivity contribution in [1.82, 2.24) is 4.90 Å². The zero-order chi connectivity index (χ0) is 32.4. The highest BCUT2D eigenvalue weighted by molar-refractivity contribution is 5.97. The molecule has 3 aliphatic rings. The number of likely N-dealkylation sites (N-methyl/N-ethyl adjacent to an activating group) is 1. The van der Waals surface area contributed by atoms with E-state index in [-0.39, 0.29) is 49.3 Å². The Morgan fingerprint density at radius 1 is 1.09 bits per heavy atom. The summed E-state index contributed by atoms with van der Waals surface area (Å²) in [6.45, 7) is 14.4. The summed E-state index contributed by atoms with van der Waals surface area (Å²) in [6.07, 6.45) is -2.86. The Kier molecular flexibility index (Phi) is 11.9. The third-order valence-corrected chi connectivity index (χ3v) is 10.1. The number of allylic oxidation sites excluding steroid dienone is 1. The molecule has 0 spiro atoms. The van der Waals surface area contributed by atoms with Gasteiger partial charge in [0.2, 0.25) is 0 Å². The SMILES string of the molecule is CC[C@H]1O/C2=C(\C)C(=O)[C@H](C)[C@@H](OC3O[C@H](C)C[C@H](N(C)C)[C@H]3O)C[C@@](C)(OC)[C@@H](C)C(=O)[C@@H](C)[C@@H](OCCO)[C@@]1(C)O2. The Morgan fingerprint density at radius 3 is 2.30 bits per heavy atom. The fourth-order valence-electron chi connectivity index (χ4n) is 6.88. The first kappa shape index (κ1) is 35.9. The number of rotatable bonds is 8. The van der Waals surface area contributed by atoms with Crippen molar-refractivity contribution < 1.29 is 48.2 Å². The van der Waals surface area contributed by atoms with Gasteiger partial charge in [-0.15, -0.1) is 0 Å². The highest BCUT2D eigenvalue weighted by Gasteiger charge is 2.57. The molecule has 3 rings (SSSR count). The predicted octanol–water partition coefficient (Wildman–Crippen LogP) is 2.85. The lowest BCUT2D eigenvalue weighted by molar-refractivity contribution is -0.277. The Bertz CT molecular complexity index is 1020. The quantitative estimate of drug-likeness (QED) is 0.419. The molecule has 0 radical (unpaired) electrons. The third kappa shape index (κ3) is 7.13. The molecule has 3 aliphatic heterocycles. The second kappa shape index (κ2) is 14.2. The van der Waals surface area contributed by atoms with Crippen molar-refractivity contribution in [2.45, 2.75) is 129 Å². The number of aliphatic hydroxyl groups is 2. The number of ketones is 2. The van der Waals surface area contributed by atoms with Crippen LogP contribution in [-0.2, 0) is 38.0 Å². The average Bonchev–Trinajstić information content (AvgIpc) is 3.32. The van der Waals surface area contributed by atoms with Gasteiger partial charge in [0, 0.05) is 37.3 Å². The van der Waals surface area contributed by atoms with Crippen molar-refractivity contribution in [3.63, 3.8) is 0 Å². The summed E-state index contributed by atoms with van der Waals surface area (Å²) in [5.41, 5.74) is -1.86. The molecule has 2 N–H and O–H groups in total. The van der Waals surface area contributed by atoms with Crippen molar-refractivity contribution >= 4 is 11.6 Å². The summed E-state index contributed by atoms with van der Waals surface area (Å²) in [7, 11) is 5.35. The Hall–Kier alpha value is -1.60. The molecule has 0 aromatic heterocycles. The number of Topliss-reactive ketones (excluding diaryl/α,β-unsaturated/α-hetero) is 2. The summed E-state index contributed by atoms with van der Waals surface area (Å²) >= 11 is 0. The van der Waals surface area contributed by atoms with Gasteiger partial charge >= 0.3 is 0 Å². The molecule has 0 amide bonds. The number of ether oxygens (including phenoxy) is 6. The maximum Gasteiger partial charge on any atom is 0.287 e. The molecule has 11 heteroatoms. The first-order valence-corrected chi connectivity index (χ1v) is 15.6. The summed E-state index contributed by atoms with van der Waals surface area (Å²) in [6, 6.07) is -0.201. The van der Waals surface area contributed by atoms with Crippen LogP contribution in [0, 0.1) is 17.8 Å². The molecule has 0 aromatic rings. The van der Waals surface area contributed by atoms with E-state index in [4.69, 9.17) is 28.4 Å². The molecular weight excluding hydrogens is 558 g/mol. The molecule has 248 valence electrons. The first-order valence-electron chi connectivity index (χ1n) is 15.6. The molecule has 43 heavy (non-hydrogen) atoms. The maximum atomic E-state index is 14.2. The van der Waals surface area contributed by atoms with Crippen molar-refractivity contribution in [3.05, 3.63) is 11.5 Å². The fraction of sp³-hybridized carbons (Fsp3) is 0.875. The van der Waals surface area contributed by atoms with Crippen molar-refractivity contribution in [3.8, 4) is 0 Å². The van der Waals surface area contributed by atoms with Crippen LogP contribution in [0.1, 0.15) is 74.7 Å². The van der Waals surface area contributed by atoms with Gasteiger partial charge in [0.25, 0.3) is 5.95 Å². The second-order valence-electron chi connectivity index (χ2n) is 13.3. The minimum Gasteiger partial charge on any atom is -0.457 e. The van der Waals surface area contributed by atoms with Gasteiger partial charge in [-0.05, 0) is 54.6 Å².